The SMILES string of the molecule is CCCCC(C(=O)OC(C)CN1CCCC1)C1CCCC1. The van der Waals surface area contributed by atoms with E-state index in [-0.39, 0.29) is 18.0 Å². The Balaban J connectivity index is 1.81. The summed E-state index contributed by atoms with van der Waals surface area (Å²) in [5, 5.41) is 0. The summed E-state index contributed by atoms with van der Waals surface area (Å²) >= 11 is 0. The van der Waals surface area contributed by atoms with E-state index in [9.17, 15) is 4.79 Å². The number of rotatable bonds is 8. The summed E-state index contributed by atoms with van der Waals surface area (Å²) in [5.74, 6) is 0.832. The molecular formula is C18H33NO2. The molecule has 122 valence electrons. The van der Waals surface area contributed by atoms with Gasteiger partial charge in [0, 0.05) is 6.54 Å². The maximum Gasteiger partial charge on any atom is 0.309 e. The summed E-state index contributed by atoms with van der Waals surface area (Å²) in [7, 11) is 0. The van der Waals surface area contributed by atoms with Gasteiger partial charge in [0.1, 0.15) is 6.10 Å². The zero-order chi connectivity index (χ0) is 15.1. The van der Waals surface area contributed by atoms with Crippen LogP contribution >= 0.6 is 0 Å². The van der Waals surface area contributed by atoms with Crippen LogP contribution < -0.4 is 0 Å². The molecule has 1 saturated heterocycles. The highest BCUT2D eigenvalue weighted by Gasteiger charge is 2.32. The van der Waals surface area contributed by atoms with Gasteiger partial charge in [-0.2, -0.15) is 0 Å². The Morgan fingerprint density at radius 2 is 1.86 bits per heavy atom. The molecule has 0 aromatic carbocycles. The first-order valence-corrected chi connectivity index (χ1v) is 9.13. The summed E-state index contributed by atoms with van der Waals surface area (Å²) < 4.78 is 5.80. The third kappa shape index (κ3) is 5.28. The molecule has 1 saturated carbocycles. The summed E-state index contributed by atoms with van der Waals surface area (Å²) in [5.41, 5.74) is 0. The second-order valence-corrected chi connectivity index (χ2v) is 7.05. The second kappa shape index (κ2) is 8.77. The Morgan fingerprint density at radius 1 is 1.19 bits per heavy atom. The lowest BCUT2D eigenvalue weighted by atomic mass is 9.86. The first-order valence-electron chi connectivity index (χ1n) is 9.13. The van der Waals surface area contributed by atoms with Crippen LogP contribution in [0.25, 0.3) is 0 Å². The van der Waals surface area contributed by atoms with E-state index in [1.165, 1.54) is 58.0 Å². The Bertz CT molecular complexity index is 306. The van der Waals surface area contributed by atoms with Crippen molar-refractivity contribution < 1.29 is 9.53 Å². The van der Waals surface area contributed by atoms with Crippen molar-refractivity contribution in [2.75, 3.05) is 19.6 Å². The number of hydrogen-bond acceptors (Lipinski definition) is 3. The molecule has 2 atom stereocenters. The van der Waals surface area contributed by atoms with E-state index in [0.717, 1.165) is 19.4 Å². The van der Waals surface area contributed by atoms with Crippen LogP contribution in [0.4, 0.5) is 0 Å². The number of ether oxygens (including phenoxy) is 1. The van der Waals surface area contributed by atoms with Crippen LogP contribution in [-0.4, -0.2) is 36.6 Å². The molecule has 2 unspecified atom stereocenters. The first kappa shape index (κ1) is 16.8. The fourth-order valence-corrected chi connectivity index (χ4v) is 3.98. The number of carbonyl (C=O) groups is 1. The highest BCUT2D eigenvalue weighted by atomic mass is 16.5. The van der Waals surface area contributed by atoms with Crippen molar-refractivity contribution in [3.63, 3.8) is 0 Å². The van der Waals surface area contributed by atoms with Gasteiger partial charge in [-0.25, -0.2) is 0 Å². The zero-order valence-corrected chi connectivity index (χ0v) is 14.0. The van der Waals surface area contributed by atoms with Gasteiger partial charge in [0.25, 0.3) is 0 Å². The molecule has 21 heavy (non-hydrogen) atoms. The molecule has 1 aliphatic heterocycles. The molecule has 2 rings (SSSR count). The predicted octanol–water partition coefficient (Wildman–Crippen LogP) is 4.01. The molecule has 0 spiro atoms. The van der Waals surface area contributed by atoms with Crippen molar-refractivity contribution in [2.24, 2.45) is 11.8 Å². The van der Waals surface area contributed by atoms with Gasteiger partial charge in [-0.1, -0.05) is 32.6 Å². The van der Waals surface area contributed by atoms with E-state index < -0.39 is 0 Å². The van der Waals surface area contributed by atoms with Crippen molar-refractivity contribution in [1.29, 1.82) is 0 Å². The van der Waals surface area contributed by atoms with Gasteiger partial charge in [-0.15, -0.1) is 0 Å². The molecule has 0 aromatic heterocycles. The maximum absolute atomic E-state index is 12.6. The molecule has 0 bridgehead atoms. The molecule has 0 amide bonds. The number of esters is 1. The molecule has 2 fully saturated rings. The molecule has 3 heteroatoms. The quantitative estimate of drug-likeness (QED) is 0.634. The van der Waals surface area contributed by atoms with E-state index >= 15 is 0 Å². The maximum atomic E-state index is 12.6. The summed E-state index contributed by atoms with van der Waals surface area (Å²) in [6, 6.07) is 0. The molecule has 0 N–H and O–H groups in total. The third-order valence-corrected chi connectivity index (χ3v) is 5.17. The molecule has 0 radical (unpaired) electrons. The van der Waals surface area contributed by atoms with Gasteiger partial charge in [0.2, 0.25) is 0 Å². The molecule has 1 heterocycles. The lowest BCUT2D eigenvalue weighted by Crippen LogP contribution is -2.34. The van der Waals surface area contributed by atoms with Crippen LogP contribution in [0.1, 0.15) is 71.6 Å². The molecule has 0 aromatic rings. The van der Waals surface area contributed by atoms with E-state index in [1.54, 1.807) is 0 Å². The van der Waals surface area contributed by atoms with Crippen LogP contribution in [-0.2, 0) is 9.53 Å². The van der Waals surface area contributed by atoms with Gasteiger partial charge < -0.3 is 4.74 Å². The average molecular weight is 295 g/mol. The lowest BCUT2D eigenvalue weighted by Gasteiger charge is -2.26. The summed E-state index contributed by atoms with van der Waals surface area (Å²) in [6.45, 7) is 7.51. The minimum Gasteiger partial charge on any atom is -0.461 e. The normalized spacial score (nSPS) is 23.3. The predicted molar refractivity (Wildman–Crippen MR) is 86.2 cm³/mol. The monoisotopic (exact) mass is 295 g/mol. The standard InChI is InChI=1S/C18H33NO2/c1-3-4-11-17(16-9-5-6-10-16)18(20)21-15(2)14-19-12-7-8-13-19/h15-17H,3-14H2,1-2H3. The number of nitrogens with zero attached hydrogens (tertiary/aromatic N) is 1. The first-order chi connectivity index (χ1) is 10.2. The molecule has 1 aliphatic carbocycles. The second-order valence-electron chi connectivity index (χ2n) is 7.05. The average Bonchev–Trinajstić information content (AvgIpc) is 3.12. The Morgan fingerprint density at radius 3 is 2.48 bits per heavy atom. The minimum atomic E-state index is 0.0427. The number of carbonyl (C=O) groups excluding carboxylic acids is 1. The fourth-order valence-electron chi connectivity index (χ4n) is 3.98. The van der Waals surface area contributed by atoms with E-state index in [0.29, 0.717) is 5.92 Å². The summed E-state index contributed by atoms with van der Waals surface area (Å²) in [4.78, 5) is 15.0. The Hall–Kier alpha value is -0.570. The van der Waals surface area contributed by atoms with Gasteiger partial charge >= 0.3 is 5.97 Å². The largest absolute Gasteiger partial charge is 0.461 e. The number of hydrogen-bond donors (Lipinski definition) is 0. The van der Waals surface area contributed by atoms with Crippen molar-refractivity contribution in [3.05, 3.63) is 0 Å². The van der Waals surface area contributed by atoms with Crippen LogP contribution in [0.5, 0.6) is 0 Å². The van der Waals surface area contributed by atoms with Crippen molar-refractivity contribution >= 4 is 5.97 Å². The van der Waals surface area contributed by atoms with Crippen LogP contribution in [0.15, 0.2) is 0 Å². The highest BCUT2D eigenvalue weighted by molar-refractivity contribution is 5.73. The minimum absolute atomic E-state index is 0.0427. The van der Waals surface area contributed by atoms with E-state index in [2.05, 4.69) is 18.7 Å². The Kier molecular flexibility index (Phi) is 7.01. The lowest BCUT2D eigenvalue weighted by molar-refractivity contribution is -0.156. The number of likely N-dealkylation sites (tertiary alicyclic amines) is 1. The van der Waals surface area contributed by atoms with E-state index in [1.807, 2.05) is 0 Å². The van der Waals surface area contributed by atoms with Crippen LogP contribution in [0.2, 0.25) is 0 Å². The van der Waals surface area contributed by atoms with Crippen LogP contribution in [0, 0.1) is 11.8 Å². The Labute approximate surface area is 130 Å². The molecule has 3 nitrogen and oxygen atoms in total. The molecular weight excluding hydrogens is 262 g/mol. The van der Waals surface area contributed by atoms with Crippen molar-refractivity contribution in [1.82, 2.24) is 4.90 Å². The van der Waals surface area contributed by atoms with Crippen LogP contribution in [0.3, 0.4) is 0 Å². The number of unbranched alkanes of at least 4 members (excludes halogenated alkanes) is 1. The van der Waals surface area contributed by atoms with Gasteiger partial charge in [0.15, 0.2) is 0 Å². The smallest absolute Gasteiger partial charge is 0.309 e. The fraction of sp³-hybridized carbons (Fsp3) is 0.944. The molecule has 2 aliphatic rings. The zero-order valence-electron chi connectivity index (χ0n) is 14.0. The summed E-state index contributed by atoms with van der Waals surface area (Å²) in [6.07, 6.45) is 11.0. The van der Waals surface area contributed by atoms with Gasteiger partial charge in [0.05, 0.1) is 5.92 Å². The highest BCUT2D eigenvalue weighted by Crippen LogP contribution is 2.35. The van der Waals surface area contributed by atoms with Crippen molar-refractivity contribution in [3.8, 4) is 0 Å². The van der Waals surface area contributed by atoms with Crippen molar-refractivity contribution in [2.45, 2.75) is 77.7 Å². The topological polar surface area (TPSA) is 29.5 Å². The van der Waals surface area contributed by atoms with Gasteiger partial charge in [-0.05, 0) is 58.0 Å². The third-order valence-electron chi connectivity index (χ3n) is 5.17. The van der Waals surface area contributed by atoms with E-state index in [4.69, 9.17) is 4.74 Å². The van der Waals surface area contributed by atoms with Gasteiger partial charge in [-0.3, -0.25) is 9.69 Å².